The molecule has 154 valence electrons. The van der Waals surface area contributed by atoms with Crippen LogP contribution in [0.2, 0.25) is 0 Å². The highest BCUT2D eigenvalue weighted by Crippen LogP contribution is 2.27. The minimum absolute atomic E-state index is 0.100. The van der Waals surface area contributed by atoms with Crippen LogP contribution in [0, 0.1) is 0 Å². The van der Waals surface area contributed by atoms with E-state index < -0.39 is 12.6 Å². The lowest BCUT2D eigenvalue weighted by molar-refractivity contribution is 0.0671. The first-order valence-electron chi connectivity index (χ1n) is 10.7. The molecule has 3 N–H and O–H groups in total. The molecule has 0 amide bonds. The largest absolute Gasteiger partial charge is 0.480 e. The van der Waals surface area contributed by atoms with Crippen molar-refractivity contribution in [3.05, 3.63) is 36.2 Å². The number of carbonyl (C=O) groups excluding carboxylic acids is 1. The van der Waals surface area contributed by atoms with E-state index >= 15 is 0 Å². The Kier molecular flexibility index (Phi) is 4.87. The van der Waals surface area contributed by atoms with Gasteiger partial charge in [0.15, 0.2) is 11.4 Å². The topological polar surface area (TPSA) is 114 Å². The molecule has 0 aliphatic rings. The molecule has 0 unspecified atom stereocenters. The van der Waals surface area contributed by atoms with Gasteiger partial charge in [-0.05, 0) is 38.8 Å². The van der Waals surface area contributed by atoms with E-state index in [4.69, 9.17) is 8.85 Å². The highest BCUT2D eigenvalue weighted by atomic mass is 16.5. The van der Waals surface area contributed by atoms with Gasteiger partial charge in [0.1, 0.15) is 17.3 Å². The first-order valence-corrected chi connectivity index (χ1v) is 9.20. The van der Waals surface area contributed by atoms with Gasteiger partial charge in [0.05, 0.1) is 28.5 Å². The monoisotopic (exact) mass is 401 g/mol. The maximum atomic E-state index is 12.8. The third-order valence-electron chi connectivity index (χ3n) is 4.35. The second-order valence-electron chi connectivity index (χ2n) is 7.24. The maximum absolute atomic E-state index is 12.8. The number of ketones is 1. The van der Waals surface area contributed by atoms with Gasteiger partial charge >= 0.3 is 0 Å². The van der Waals surface area contributed by atoms with Crippen molar-refractivity contribution in [3.63, 3.8) is 0 Å². The number of rotatable bonds is 9. The van der Waals surface area contributed by atoms with E-state index in [0.717, 1.165) is 0 Å². The van der Waals surface area contributed by atoms with Crippen molar-refractivity contribution >= 4 is 28.8 Å². The number of pyridine rings is 1. The Hall–Kier alpha value is -3.20. The number of Topliss-reactive ketones (excluding diaryl/α,β-unsaturated/α-hetero) is 1. The van der Waals surface area contributed by atoms with Crippen LogP contribution >= 0.6 is 0 Å². The molecule has 0 bridgehead atoms. The van der Waals surface area contributed by atoms with E-state index in [2.05, 4.69) is 25.7 Å². The van der Waals surface area contributed by atoms with Crippen LogP contribution in [-0.4, -0.2) is 50.2 Å². The Morgan fingerprint density at radius 3 is 3.00 bits per heavy atom. The molecule has 9 heteroatoms. The number of aromatic nitrogens is 4. The summed E-state index contributed by atoms with van der Waals surface area (Å²) in [7, 11) is -0.954. The van der Waals surface area contributed by atoms with Crippen molar-refractivity contribution in [2.75, 3.05) is 24.7 Å². The van der Waals surface area contributed by atoms with Crippen LogP contribution in [0.15, 0.2) is 30.6 Å². The first-order chi connectivity index (χ1) is 15.0. The van der Waals surface area contributed by atoms with E-state index in [0.29, 0.717) is 41.4 Å². The minimum Gasteiger partial charge on any atom is -0.480 e. The lowest BCUT2D eigenvalue weighted by Crippen LogP contribution is -2.18. The van der Waals surface area contributed by atoms with Gasteiger partial charge < -0.3 is 20.5 Å². The number of hydrogen-bond acceptors (Lipinski definition) is 8. The standard InChI is InChI=1S/C20H26N6O3/c1-20(2,28)9-5-8-15(27)13-12-23-26-17(21-3)11-16(25-18(13)26)24-14-7-6-10-22-19(14)29-4/h6-7,10-12,21,28H,5,8-9H2,1-4H3,(H,24,25)/i4D3. The summed E-state index contributed by atoms with van der Waals surface area (Å²) in [5.41, 5.74) is 0.162. The van der Waals surface area contributed by atoms with Gasteiger partial charge in [0, 0.05) is 25.7 Å². The van der Waals surface area contributed by atoms with Gasteiger partial charge in [-0.15, -0.1) is 0 Å². The molecule has 9 nitrogen and oxygen atoms in total. The van der Waals surface area contributed by atoms with Gasteiger partial charge in [-0.1, -0.05) is 0 Å². The maximum Gasteiger partial charge on any atom is 0.237 e. The third kappa shape index (κ3) is 4.80. The number of nitrogens with zero attached hydrogens (tertiary/aromatic N) is 4. The fourth-order valence-electron chi connectivity index (χ4n) is 2.92. The molecule has 0 aromatic carbocycles. The third-order valence-corrected chi connectivity index (χ3v) is 4.35. The summed E-state index contributed by atoms with van der Waals surface area (Å²) in [4.78, 5) is 21.3. The fourth-order valence-corrected chi connectivity index (χ4v) is 2.92. The second kappa shape index (κ2) is 8.44. The Bertz CT molecular complexity index is 1110. The number of carbonyl (C=O) groups is 1. The predicted molar refractivity (Wildman–Crippen MR) is 111 cm³/mol. The van der Waals surface area contributed by atoms with Crippen LogP contribution in [0.3, 0.4) is 0 Å². The highest BCUT2D eigenvalue weighted by Gasteiger charge is 2.19. The molecule has 0 saturated carbocycles. The fraction of sp³-hybridized carbons (Fsp3) is 0.400. The number of fused-ring (bicyclic) bond motifs is 1. The molecule has 0 aliphatic carbocycles. The van der Waals surface area contributed by atoms with Crippen molar-refractivity contribution in [2.45, 2.75) is 38.7 Å². The molecule has 0 radical (unpaired) electrons. The molecule has 3 heterocycles. The van der Waals surface area contributed by atoms with Gasteiger partial charge in [-0.3, -0.25) is 4.79 Å². The molecule has 3 aromatic heterocycles. The number of anilines is 3. The van der Waals surface area contributed by atoms with Crippen LogP contribution in [0.4, 0.5) is 17.3 Å². The van der Waals surface area contributed by atoms with Crippen molar-refractivity contribution in [3.8, 4) is 5.88 Å². The van der Waals surface area contributed by atoms with E-state index in [1.165, 1.54) is 16.9 Å². The molecule has 0 aliphatic heterocycles. The summed E-state index contributed by atoms with van der Waals surface area (Å²) in [5.74, 6) is 0.673. The Balaban J connectivity index is 1.92. The van der Waals surface area contributed by atoms with Crippen molar-refractivity contribution in [1.29, 1.82) is 0 Å². The predicted octanol–water partition coefficient (Wildman–Crippen LogP) is 3.04. The number of hydrogen-bond donors (Lipinski definition) is 3. The van der Waals surface area contributed by atoms with E-state index in [1.807, 2.05) is 0 Å². The van der Waals surface area contributed by atoms with Crippen LogP contribution in [0.25, 0.3) is 5.65 Å². The summed E-state index contributed by atoms with van der Waals surface area (Å²) in [6.45, 7) is 3.41. The highest BCUT2D eigenvalue weighted by molar-refractivity contribution is 6.01. The smallest absolute Gasteiger partial charge is 0.237 e. The van der Waals surface area contributed by atoms with E-state index in [-0.39, 0.29) is 18.1 Å². The zero-order valence-corrected chi connectivity index (χ0v) is 16.6. The summed E-state index contributed by atoms with van der Waals surface area (Å²) in [6, 6.07) is 4.90. The molecular formula is C20H26N6O3. The summed E-state index contributed by atoms with van der Waals surface area (Å²) in [5, 5.41) is 20.1. The average molecular weight is 401 g/mol. The Morgan fingerprint density at radius 1 is 1.45 bits per heavy atom. The molecule has 3 aromatic rings. The van der Waals surface area contributed by atoms with Crippen molar-refractivity contribution in [1.82, 2.24) is 19.6 Å². The Labute approximate surface area is 173 Å². The molecule has 29 heavy (non-hydrogen) atoms. The zero-order chi connectivity index (χ0) is 23.5. The summed E-state index contributed by atoms with van der Waals surface area (Å²) >= 11 is 0. The van der Waals surface area contributed by atoms with Gasteiger partial charge in [-0.2, -0.15) is 9.61 Å². The van der Waals surface area contributed by atoms with Crippen molar-refractivity contribution in [2.24, 2.45) is 0 Å². The lowest BCUT2D eigenvalue weighted by Gasteiger charge is -2.15. The summed E-state index contributed by atoms with van der Waals surface area (Å²) in [6.07, 6.45) is 4.16. The number of nitrogens with one attached hydrogen (secondary N) is 2. The lowest BCUT2D eigenvalue weighted by atomic mass is 9.99. The second-order valence-corrected chi connectivity index (χ2v) is 7.24. The number of methoxy groups -OCH3 is 1. The molecular weight excluding hydrogens is 372 g/mol. The van der Waals surface area contributed by atoms with Crippen LogP contribution in [0.1, 0.15) is 47.6 Å². The normalized spacial score (nSPS) is 13.4. The minimum atomic E-state index is -2.66. The quantitative estimate of drug-likeness (QED) is 0.469. The van der Waals surface area contributed by atoms with Crippen molar-refractivity contribution < 1.29 is 18.8 Å². The van der Waals surface area contributed by atoms with Gasteiger partial charge in [-0.25, -0.2) is 9.97 Å². The van der Waals surface area contributed by atoms with E-state index in [9.17, 15) is 9.90 Å². The molecule has 0 fully saturated rings. The molecule has 0 saturated heterocycles. The van der Waals surface area contributed by atoms with Crippen LogP contribution < -0.4 is 15.4 Å². The van der Waals surface area contributed by atoms with Gasteiger partial charge in [0.25, 0.3) is 0 Å². The summed E-state index contributed by atoms with van der Waals surface area (Å²) < 4.78 is 28.4. The van der Waals surface area contributed by atoms with Crippen LogP contribution in [0.5, 0.6) is 5.88 Å². The first kappa shape index (κ1) is 16.7. The Morgan fingerprint density at radius 2 is 2.28 bits per heavy atom. The van der Waals surface area contributed by atoms with E-state index in [1.54, 1.807) is 39.1 Å². The zero-order valence-electron chi connectivity index (χ0n) is 19.6. The molecule has 3 rings (SSSR count). The number of aliphatic hydroxyl groups is 1. The van der Waals surface area contributed by atoms with Gasteiger partial charge in [0.2, 0.25) is 5.88 Å². The average Bonchev–Trinajstić information content (AvgIpc) is 3.11. The molecule has 0 spiro atoms. The SMILES string of the molecule is [2H]C([2H])([2H])Oc1ncccc1Nc1cc(NC)n2ncc(C(=O)CCCC(C)(C)O)c2n1. The van der Waals surface area contributed by atoms with Crippen LogP contribution in [-0.2, 0) is 0 Å². The number of ether oxygens (including phenoxy) is 1. The molecule has 0 atom stereocenters.